The molecule has 0 aliphatic carbocycles. The fourth-order valence-corrected chi connectivity index (χ4v) is 7.76. The van der Waals surface area contributed by atoms with Crippen LogP contribution < -0.4 is 4.40 Å². The van der Waals surface area contributed by atoms with Crippen molar-refractivity contribution in [3.63, 3.8) is 0 Å². The number of nitriles is 1. The first-order valence-corrected chi connectivity index (χ1v) is 23.6. The zero-order valence-electron chi connectivity index (χ0n) is 39.2. The molecule has 6 heteroatoms. The molecule has 0 saturated carbocycles. The van der Waals surface area contributed by atoms with Crippen molar-refractivity contribution < 1.29 is 38.2 Å². The van der Waals surface area contributed by atoms with Gasteiger partial charge >= 0.3 is 184 Å². The zero-order valence-corrected chi connectivity index (χ0v) is 33.7. The van der Waals surface area contributed by atoms with Gasteiger partial charge < -0.3 is 4.98 Å². The van der Waals surface area contributed by atoms with Gasteiger partial charge in [0.05, 0.1) is 13.0 Å². The second-order valence-corrected chi connectivity index (χ2v) is 24.7. The fraction of sp³-hybridized carbons (Fsp3) is 0.222. The van der Waals surface area contributed by atoms with Crippen molar-refractivity contribution in [3.8, 4) is 39.7 Å². The summed E-state index contributed by atoms with van der Waals surface area (Å²) in [6.45, 7) is 0.449. The van der Waals surface area contributed by atoms with Crippen LogP contribution in [0, 0.1) is 42.6 Å². The first-order chi connectivity index (χ1) is 27.8. The van der Waals surface area contributed by atoms with Crippen molar-refractivity contribution in [2.75, 3.05) is 0 Å². The molecule has 0 spiro atoms. The van der Waals surface area contributed by atoms with Gasteiger partial charge in [0.1, 0.15) is 0 Å². The summed E-state index contributed by atoms with van der Waals surface area (Å²) in [5, 5.41) is 10.6. The van der Waals surface area contributed by atoms with Gasteiger partial charge in [-0.1, -0.05) is 32.9 Å². The molecule has 0 bridgehead atoms. The number of furan rings is 1. The van der Waals surface area contributed by atoms with Crippen molar-refractivity contribution >= 4 is 39.6 Å². The Kier molecular flexibility index (Phi) is 8.03. The molecule has 4 nitrogen and oxygen atoms in total. The molecule has 3 heterocycles. The van der Waals surface area contributed by atoms with Gasteiger partial charge in [-0.3, -0.25) is 0 Å². The van der Waals surface area contributed by atoms with E-state index >= 15 is 0 Å². The zero-order chi connectivity index (χ0) is 44.2. The van der Waals surface area contributed by atoms with E-state index in [0.29, 0.717) is 27.5 Å². The standard InChI is InChI=1S/C29H25GeN2O.C16H18N.Ir/c1-18-13-21(30(3,4)5)10-12-22(18)26-15-27(32-17-19(26)2)25-8-6-7-24-23-11-9-20(16-31)14-28(23)33-29(24)25;1-16(2,3)11-13-9-10-15(17-12-13)14-7-5-4-6-8-14;/h6-7,9-15,17H,1-5H3;4-7,9-10,12H,11H2,1-3H3;/q2*-1;/i1D3,2D3,12D,14D;11D2;. The molecular formula is C45H43GeIrN3O-2. The van der Waals surface area contributed by atoms with Crippen molar-refractivity contribution in [2.24, 2.45) is 5.41 Å². The largest absolute Gasteiger partial charge is 0 e. The number of aromatic nitrogens is 2. The van der Waals surface area contributed by atoms with Gasteiger partial charge in [0, 0.05) is 29.0 Å². The summed E-state index contributed by atoms with van der Waals surface area (Å²) < 4.78 is 90.0. The number of hydrogen-bond acceptors (Lipinski definition) is 4. The molecule has 0 fully saturated rings. The molecule has 0 saturated heterocycles. The van der Waals surface area contributed by atoms with Crippen LogP contribution in [0.5, 0.6) is 0 Å². The Morgan fingerprint density at radius 3 is 2.35 bits per heavy atom. The minimum atomic E-state index is -2.64. The number of fused-ring (bicyclic) bond motifs is 3. The summed E-state index contributed by atoms with van der Waals surface area (Å²) in [6.07, 6.45) is 1.41. The average Bonchev–Trinajstić information content (AvgIpc) is 3.56. The Morgan fingerprint density at radius 2 is 1.69 bits per heavy atom. The topological polar surface area (TPSA) is 62.7 Å². The van der Waals surface area contributed by atoms with E-state index < -0.39 is 38.8 Å². The Morgan fingerprint density at radius 1 is 0.882 bits per heavy atom. The maximum atomic E-state index is 9.35. The number of pyridine rings is 2. The third kappa shape index (κ3) is 8.76. The van der Waals surface area contributed by atoms with Crippen LogP contribution in [0.2, 0.25) is 17.3 Å². The van der Waals surface area contributed by atoms with Crippen molar-refractivity contribution in [3.05, 3.63) is 138 Å². The van der Waals surface area contributed by atoms with E-state index in [4.69, 9.17) is 18.1 Å². The Bertz CT molecular complexity index is 2770. The predicted molar refractivity (Wildman–Crippen MR) is 210 cm³/mol. The third-order valence-corrected chi connectivity index (χ3v) is 12.2. The van der Waals surface area contributed by atoms with Crippen molar-refractivity contribution in [1.29, 1.82) is 5.26 Å². The Balaban J connectivity index is 0.000000295. The van der Waals surface area contributed by atoms with Gasteiger partial charge in [-0.2, -0.15) is 5.26 Å². The van der Waals surface area contributed by atoms with E-state index in [9.17, 15) is 5.26 Å². The summed E-state index contributed by atoms with van der Waals surface area (Å²) in [4.78, 5) is 8.77. The molecule has 259 valence electrons. The first-order valence-electron chi connectivity index (χ1n) is 21.2. The van der Waals surface area contributed by atoms with Gasteiger partial charge in [0.25, 0.3) is 0 Å². The van der Waals surface area contributed by atoms with E-state index in [0.717, 1.165) is 15.7 Å². The van der Waals surface area contributed by atoms with Crippen LogP contribution in [-0.4, -0.2) is 23.2 Å². The minimum Gasteiger partial charge on any atom is 0 e. The predicted octanol–water partition coefficient (Wildman–Crippen LogP) is 11.3. The van der Waals surface area contributed by atoms with Gasteiger partial charge in [0.2, 0.25) is 0 Å². The molecule has 1 radical (unpaired) electrons. The SMILES string of the molecule is [2H]C([2H])(c1ccc(-c2[c-]cccc2)nc1)C(C)(C)C.[2H]c1c[c]([Ge]([CH3])([CH3])[CH3])cc(C([2H])([2H])[2H])c1-c1cc(-c2[c-]ccc3c2oc2c([2H])c(C#N)ccc23)ncc1C([2H])([2H])[2H].[Ir]. The van der Waals surface area contributed by atoms with Crippen molar-refractivity contribution in [2.45, 2.75) is 58.1 Å². The summed E-state index contributed by atoms with van der Waals surface area (Å²) >= 11 is -2.57. The van der Waals surface area contributed by atoms with Gasteiger partial charge in [-0.05, 0) is 29.1 Å². The van der Waals surface area contributed by atoms with Crippen LogP contribution in [0.1, 0.15) is 56.7 Å². The minimum absolute atomic E-state index is 0. The monoisotopic (exact) mass is 918 g/mol. The number of nitrogens with zero attached hydrogens (tertiary/aromatic N) is 3. The fourth-order valence-electron chi connectivity index (χ4n) is 5.49. The van der Waals surface area contributed by atoms with Crippen LogP contribution in [0.25, 0.3) is 55.6 Å². The molecule has 0 N–H and O–H groups in total. The van der Waals surface area contributed by atoms with Crippen LogP contribution in [0.4, 0.5) is 0 Å². The van der Waals surface area contributed by atoms with Crippen LogP contribution in [0.15, 0.2) is 108 Å². The van der Waals surface area contributed by atoms with Gasteiger partial charge in [-0.25, -0.2) is 0 Å². The van der Waals surface area contributed by atoms with Gasteiger partial charge in [0.15, 0.2) is 0 Å². The summed E-state index contributed by atoms with van der Waals surface area (Å²) in [5.74, 6) is 6.30. The molecule has 0 aliphatic rings. The first kappa shape index (κ1) is 26.4. The van der Waals surface area contributed by atoms with E-state index in [2.05, 4.69) is 39.4 Å². The van der Waals surface area contributed by atoms with Crippen LogP contribution >= 0.6 is 0 Å². The van der Waals surface area contributed by atoms with Gasteiger partial charge in [-0.15, -0.1) is 35.9 Å². The molecule has 3 aromatic heterocycles. The second kappa shape index (κ2) is 15.5. The molecule has 4 aromatic carbocycles. The quantitative estimate of drug-likeness (QED) is 0.127. The Labute approximate surface area is 332 Å². The second-order valence-electron chi connectivity index (χ2n) is 14.0. The maximum Gasteiger partial charge on any atom is 0 e. The third-order valence-electron chi connectivity index (χ3n) is 7.98. The number of aryl methyl sites for hydroxylation is 2. The van der Waals surface area contributed by atoms with Crippen LogP contribution in [0.3, 0.4) is 0 Å². The summed E-state index contributed by atoms with van der Waals surface area (Å²) in [7, 11) is 0. The molecule has 0 unspecified atom stereocenters. The summed E-state index contributed by atoms with van der Waals surface area (Å²) in [6, 6.07) is 30.8. The smallest absolute Gasteiger partial charge is 0 e. The molecule has 0 amide bonds. The average molecular weight is 917 g/mol. The number of hydrogen-bond donors (Lipinski definition) is 0. The van der Waals surface area contributed by atoms with Crippen molar-refractivity contribution in [1.82, 2.24) is 9.97 Å². The number of benzene rings is 4. The van der Waals surface area contributed by atoms with E-state index in [1.165, 1.54) is 12.3 Å². The molecular weight excluding hydrogens is 863 g/mol. The van der Waals surface area contributed by atoms with E-state index in [1.807, 2.05) is 63.2 Å². The Hall–Kier alpha value is -4.34. The van der Waals surface area contributed by atoms with Crippen LogP contribution in [-0.2, 0) is 26.5 Å². The number of rotatable bonds is 5. The van der Waals surface area contributed by atoms with E-state index in [-0.39, 0.29) is 71.3 Å². The maximum absolute atomic E-state index is 9.35. The normalized spacial score (nSPS) is 15.1. The molecule has 0 aliphatic heterocycles. The van der Waals surface area contributed by atoms with E-state index in [1.54, 1.807) is 42.6 Å². The summed E-state index contributed by atoms with van der Waals surface area (Å²) in [5.41, 5.74) is 3.10. The molecule has 51 heavy (non-hydrogen) atoms. The molecule has 0 atom stereocenters. The molecule has 7 rings (SSSR count). The molecule has 7 aromatic rings.